The Morgan fingerprint density at radius 1 is 1.21 bits per heavy atom. The van der Waals surface area contributed by atoms with Crippen LogP contribution in [-0.2, 0) is 4.79 Å². The fourth-order valence-corrected chi connectivity index (χ4v) is 4.15. The normalized spacial score (nSPS) is 27.9. The third-order valence-corrected chi connectivity index (χ3v) is 5.47. The van der Waals surface area contributed by atoms with E-state index in [-0.39, 0.29) is 11.7 Å². The van der Waals surface area contributed by atoms with Crippen LogP contribution in [0.1, 0.15) is 44.1 Å². The molecule has 5 heteroatoms. The Kier molecular flexibility index (Phi) is 5.39. The number of carboxylic acid groups (broad SMARTS) is 1. The van der Waals surface area contributed by atoms with Gasteiger partial charge in [-0.15, -0.1) is 0 Å². The van der Waals surface area contributed by atoms with Gasteiger partial charge in [-0.3, -0.25) is 4.79 Å². The number of carbonyl (C=O) groups is 1. The zero-order valence-electron chi connectivity index (χ0n) is 14.3. The number of carboxylic acids is 1. The maximum Gasteiger partial charge on any atom is 0.306 e. The third kappa shape index (κ3) is 4.07. The van der Waals surface area contributed by atoms with Crippen molar-refractivity contribution in [3.05, 3.63) is 29.6 Å². The molecule has 1 aromatic rings. The van der Waals surface area contributed by atoms with Gasteiger partial charge in [0.15, 0.2) is 0 Å². The SMILES string of the molecule is Cc1cc(F)ccc1N1CCCC(NC2CCC(C(=O)O)CC2)C1. The number of nitrogens with zero attached hydrogens (tertiary/aromatic N) is 1. The first-order chi connectivity index (χ1) is 11.5. The van der Waals surface area contributed by atoms with E-state index < -0.39 is 5.97 Å². The van der Waals surface area contributed by atoms with Crippen LogP contribution in [0.2, 0.25) is 0 Å². The van der Waals surface area contributed by atoms with E-state index >= 15 is 0 Å². The van der Waals surface area contributed by atoms with Gasteiger partial charge in [-0.1, -0.05) is 0 Å². The van der Waals surface area contributed by atoms with Gasteiger partial charge in [0.25, 0.3) is 0 Å². The summed E-state index contributed by atoms with van der Waals surface area (Å²) in [5.74, 6) is -0.991. The lowest BCUT2D eigenvalue weighted by atomic mass is 9.85. The second-order valence-corrected chi connectivity index (χ2v) is 7.27. The van der Waals surface area contributed by atoms with E-state index in [2.05, 4.69) is 10.2 Å². The highest BCUT2D eigenvalue weighted by Crippen LogP contribution is 2.27. The lowest BCUT2D eigenvalue weighted by Crippen LogP contribution is -2.50. The van der Waals surface area contributed by atoms with Gasteiger partial charge in [0.1, 0.15) is 5.82 Å². The van der Waals surface area contributed by atoms with Gasteiger partial charge in [-0.05, 0) is 69.2 Å². The molecule has 4 nitrogen and oxygen atoms in total. The molecule has 3 rings (SSSR count). The summed E-state index contributed by atoms with van der Waals surface area (Å²) in [5.41, 5.74) is 2.11. The summed E-state index contributed by atoms with van der Waals surface area (Å²) in [6.45, 7) is 3.91. The number of halogens is 1. The number of aliphatic carboxylic acids is 1. The van der Waals surface area contributed by atoms with Crippen molar-refractivity contribution in [1.29, 1.82) is 0 Å². The number of rotatable bonds is 4. The van der Waals surface area contributed by atoms with Crippen molar-refractivity contribution in [2.45, 2.75) is 57.5 Å². The van der Waals surface area contributed by atoms with E-state index in [1.54, 1.807) is 6.07 Å². The minimum absolute atomic E-state index is 0.159. The Morgan fingerprint density at radius 3 is 2.62 bits per heavy atom. The molecule has 0 aromatic heterocycles. The maximum absolute atomic E-state index is 13.3. The molecule has 1 aromatic carbocycles. The van der Waals surface area contributed by atoms with Crippen LogP contribution in [0.3, 0.4) is 0 Å². The van der Waals surface area contributed by atoms with Gasteiger partial charge in [-0.25, -0.2) is 4.39 Å². The average Bonchev–Trinajstić information content (AvgIpc) is 2.55. The van der Waals surface area contributed by atoms with Gasteiger partial charge in [0.05, 0.1) is 5.92 Å². The number of benzene rings is 1. The highest BCUT2D eigenvalue weighted by Gasteiger charge is 2.28. The standard InChI is InChI=1S/C19H27FN2O2/c1-13-11-15(20)6-9-18(13)22-10-2-3-17(12-22)21-16-7-4-14(5-8-16)19(23)24/h6,9,11,14,16-17,21H,2-5,7-8,10,12H2,1H3,(H,23,24). The van der Waals surface area contributed by atoms with E-state index in [4.69, 9.17) is 5.11 Å². The Bertz CT molecular complexity index is 585. The first-order valence-corrected chi connectivity index (χ1v) is 9.03. The summed E-state index contributed by atoms with van der Waals surface area (Å²) in [6, 6.07) is 5.87. The Labute approximate surface area is 143 Å². The van der Waals surface area contributed by atoms with E-state index in [1.807, 2.05) is 13.0 Å². The van der Waals surface area contributed by atoms with Crippen molar-refractivity contribution in [3.63, 3.8) is 0 Å². The molecule has 1 aliphatic heterocycles. The topological polar surface area (TPSA) is 52.6 Å². The number of piperidine rings is 1. The molecule has 2 aliphatic rings. The lowest BCUT2D eigenvalue weighted by Gasteiger charge is -2.38. The number of hydrogen-bond donors (Lipinski definition) is 2. The molecule has 2 fully saturated rings. The van der Waals surface area contributed by atoms with Crippen molar-refractivity contribution < 1.29 is 14.3 Å². The van der Waals surface area contributed by atoms with Crippen molar-refractivity contribution in [3.8, 4) is 0 Å². The minimum atomic E-state index is -0.649. The van der Waals surface area contributed by atoms with E-state index in [9.17, 15) is 9.18 Å². The van der Waals surface area contributed by atoms with Gasteiger partial charge < -0.3 is 15.3 Å². The summed E-state index contributed by atoms with van der Waals surface area (Å²) < 4.78 is 13.3. The van der Waals surface area contributed by atoms with Crippen LogP contribution in [0.4, 0.5) is 10.1 Å². The minimum Gasteiger partial charge on any atom is -0.481 e. The van der Waals surface area contributed by atoms with Crippen LogP contribution in [0.15, 0.2) is 18.2 Å². The Hall–Kier alpha value is -1.62. The number of nitrogens with one attached hydrogen (secondary N) is 1. The number of aryl methyl sites for hydroxylation is 1. The summed E-state index contributed by atoms with van der Waals surface area (Å²) in [5, 5.41) is 12.8. The highest BCUT2D eigenvalue weighted by atomic mass is 19.1. The first kappa shape index (κ1) is 17.2. The summed E-state index contributed by atoms with van der Waals surface area (Å²) >= 11 is 0. The van der Waals surface area contributed by atoms with Gasteiger partial charge in [0, 0.05) is 30.9 Å². The van der Waals surface area contributed by atoms with Crippen molar-refractivity contribution in [2.24, 2.45) is 5.92 Å². The third-order valence-electron chi connectivity index (χ3n) is 5.47. The monoisotopic (exact) mass is 334 g/mol. The molecular weight excluding hydrogens is 307 g/mol. The van der Waals surface area contributed by atoms with Crippen molar-refractivity contribution in [2.75, 3.05) is 18.0 Å². The van der Waals surface area contributed by atoms with Crippen molar-refractivity contribution in [1.82, 2.24) is 5.32 Å². The van der Waals surface area contributed by atoms with Crippen LogP contribution in [0, 0.1) is 18.7 Å². The second-order valence-electron chi connectivity index (χ2n) is 7.27. The van der Waals surface area contributed by atoms with Gasteiger partial charge >= 0.3 is 5.97 Å². The highest BCUT2D eigenvalue weighted by molar-refractivity contribution is 5.70. The first-order valence-electron chi connectivity index (χ1n) is 9.03. The zero-order chi connectivity index (χ0) is 17.1. The summed E-state index contributed by atoms with van der Waals surface area (Å²) in [6.07, 6.45) is 5.72. The Morgan fingerprint density at radius 2 is 1.96 bits per heavy atom. The largest absolute Gasteiger partial charge is 0.481 e. The molecule has 132 valence electrons. The fraction of sp³-hybridized carbons (Fsp3) is 0.632. The molecule has 0 spiro atoms. The van der Waals surface area contributed by atoms with Crippen LogP contribution in [-0.4, -0.2) is 36.2 Å². The second kappa shape index (κ2) is 7.51. The Balaban J connectivity index is 1.55. The summed E-state index contributed by atoms with van der Waals surface area (Å²) in [7, 11) is 0. The molecule has 2 N–H and O–H groups in total. The molecule has 1 saturated heterocycles. The molecular formula is C19H27FN2O2. The van der Waals surface area contributed by atoms with E-state index in [0.717, 1.165) is 62.9 Å². The predicted molar refractivity (Wildman–Crippen MR) is 92.9 cm³/mol. The molecule has 1 atom stereocenters. The fourth-order valence-electron chi connectivity index (χ4n) is 4.15. The predicted octanol–water partition coefficient (Wildman–Crippen LogP) is 3.34. The molecule has 24 heavy (non-hydrogen) atoms. The van der Waals surface area contributed by atoms with Gasteiger partial charge in [0.2, 0.25) is 0 Å². The molecule has 0 bridgehead atoms. The van der Waals surface area contributed by atoms with E-state index in [0.29, 0.717) is 12.1 Å². The van der Waals surface area contributed by atoms with E-state index in [1.165, 1.54) is 6.07 Å². The molecule has 0 amide bonds. The number of hydrogen-bond acceptors (Lipinski definition) is 3. The quantitative estimate of drug-likeness (QED) is 0.887. The summed E-state index contributed by atoms with van der Waals surface area (Å²) in [4.78, 5) is 13.4. The zero-order valence-corrected chi connectivity index (χ0v) is 14.3. The van der Waals surface area contributed by atoms with Gasteiger partial charge in [-0.2, -0.15) is 0 Å². The molecule has 1 aliphatic carbocycles. The smallest absolute Gasteiger partial charge is 0.306 e. The van der Waals surface area contributed by atoms with Crippen LogP contribution in [0.25, 0.3) is 0 Å². The molecule has 1 saturated carbocycles. The molecule has 1 unspecified atom stereocenters. The molecule has 0 radical (unpaired) electrons. The van der Waals surface area contributed by atoms with Crippen LogP contribution >= 0.6 is 0 Å². The van der Waals surface area contributed by atoms with Crippen molar-refractivity contribution >= 4 is 11.7 Å². The lowest BCUT2D eigenvalue weighted by molar-refractivity contribution is -0.142. The average molecular weight is 334 g/mol. The maximum atomic E-state index is 13.3. The van der Waals surface area contributed by atoms with Crippen LogP contribution < -0.4 is 10.2 Å². The number of anilines is 1. The van der Waals surface area contributed by atoms with Crippen LogP contribution in [0.5, 0.6) is 0 Å². The molecule has 1 heterocycles.